The summed E-state index contributed by atoms with van der Waals surface area (Å²) in [6.45, 7) is 11.9. The van der Waals surface area contributed by atoms with Crippen molar-refractivity contribution in [2.45, 2.75) is 66.9 Å². The Balaban J connectivity index is 2.50. The third-order valence-electron chi connectivity index (χ3n) is 5.29. The second kappa shape index (κ2) is 6.46. The molecule has 2 atom stereocenters. The molecule has 0 saturated heterocycles. The van der Waals surface area contributed by atoms with E-state index in [1.165, 1.54) is 5.57 Å². The standard InChI is InChI=1S/C20H28O3/c1-7-14(5)19(22)23-16-10-13(4)11-17(21)20(6)9-8-15(12(2)3)18(16)20/h7,11-12,16H,8-10H2,1-6H3/b14-7-. The molecule has 0 aromatic carbocycles. The first-order chi connectivity index (χ1) is 10.7. The molecule has 2 unspecified atom stereocenters. The van der Waals surface area contributed by atoms with E-state index in [9.17, 15) is 9.59 Å². The lowest BCUT2D eigenvalue weighted by atomic mass is 9.76. The fourth-order valence-electron chi connectivity index (χ4n) is 3.70. The van der Waals surface area contributed by atoms with Crippen molar-refractivity contribution in [2.75, 3.05) is 0 Å². The Morgan fingerprint density at radius 2 is 2.09 bits per heavy atom. The summed E-state index contributed by atoms with van der Waals surface area (Å²) in [5, 5.41) is 0. The van der Waals surface area contributed by atoms with Crippen LogP contribution < -0.4 is 0 Å². The highest BCUT2D eigenvalue weighted by molar-refractivity contribution is 5.99. The molecule has 0 aromatic rings. The molecule has 0 N–H and O–H groups in total. The zero-order chi connectivity index (χ0) is 17.4. The summed E-state index contributed by atoms with van der Waals surface area (Å²) in [6, 6.07) is 0. The minimum Gasteiger partial charge on any atom is -0.454 e. The summed E-state index contributed by atoms with van der Waals surface area (Å²) in [5.41, 5.74) is 3.42. The minimum atomic E-state index is -0.522. The van der Waals surface area contributed by atoms with Crippen molar-refractivity contribution in [3.63, 3.8) is 0 Å². The first kappa shape index (κ1) is 17.7. The summed E-state index contributed by atoms with van der Waals surface area (Å²) in [6.07, 6.45) is 5.52. The summed E-state index contributed by atoms with van der Waals surface area (Å²) >= 11 is 0. The predicted octanol–water partition coefficient (Wildman–Crippen LogP) is 4.54. The van der Waals surface area contributed by atoms with E-state index in [1.54, 1.807) is 19.1 Å². The number of esters is 1. The Morgan fingerprint density at radius 1 is 1.43 bits per heavy atom. The molecule has 0 spiro atoms. The van der Waals surface area contributed by atoms with Gasteiger partial charge in [0.25, 0.3) is 0 Å². The zero-order valence-electron chi connectivity index (χ0n) is 15.2. The molecule has 0 aromatic heterocycles. The van der Waals surface area contributed by atoms with E-state index >= 15 is 0 Å². The molecule has 2 aliphatic rings. The fourth-order valence-corrected chi connectivity index (χ4v) is 3.70. The molecule has 0 bridgehead atoms. The third-order valence-corrected chi connectivity index (χ3v) is 5.29. The SMILES string of the molecule is C/C=C(/C)C(=O)OC1CC(C)=CC(=O)C2(C)CCC(C(C)C)=C12. The van der Waals surface area contributed by atoms with E-state index in [2.05, 4.69) is 13.8 Å². The van der Waals surface area contributed by atoms with Crippen LogP contribution >= 0.6 is 0 Å². The molecule has 23 heavy (non-hydrogen) atoms. The Hall–Kier alpha value is -1.64. The maximum atomic E-state index is 12.8. The maximum absolute atomic E-state index is 12.8. The first-order valence-electron chi connectivity index (χ1n) is 8.49. The van der Waals surface area contributed by atoms with Crippen LogP contribution in [0.2, 0.25) is 0 Å². The van der Waals surface area contributed by atoms with Gasteiger partial charge in [-0.2, -0.15) is 0 Å². The number of carbonyl (C=O) groups is 2. The van der Waals surface area contributed by atoms with Gasteiger partial charge in [-0.1, -0.05) is 31.1 Å². The number of fused-ring (bicyclic) bond motifs is 1. The number of hydrogen-bond donors (Lipinski definition) is 0. The lowest BCUT2D eigenvalue weighted by molar-refractivity contribution is -0.143. The summed E-state index contributed by atoms with van der Waals surface area (Å²) in [4.78, 5) is 25.0. The fraction of sp³-hybridized carbons (Fsp3) is 0.600. The molecule has 2 rings (SSSR count). The molecule has 0 amide bonds. The van der Waals surface area contributed by atoms with E-state index in [0.717, 1.165) is 24.0 Å². The highest BCUT2D eigenvalue weighted by Crippen LogP contribution is 2.50. The lowest BCUT2D eigenvalue weighted by Crippen LogP contribution is -2.33. The lowest BCUT2D eigenvalue weighted by Gasteiger charge is -2.30. The zero-order valence-corrected chi connectivity index (χ0v) is 15.2. The number of hydrogen-bond acceptors (Lipinski definition) is 3. The van der Waals surface area contributed by atoms with E-state index in [4.69, 9.17) is 4.74 Å². The van der Waals surface area contributed by atoms with Crippen LogP contribution in [-0.2, 0) is 14.3 Å². The van der Waals surface area contributed by atoms with Gasteiger partial charge in [-0.25, -0.2) is 4.79 Å². The number of ketones is 1. The van der Waals surface area contributed by atoms with Crippen molar-refractivity contribution in [1.29, 1.82) is 0 Å². The number of allylic oxidation sites excluding steroid dienone is 3. The van der Waals surface area contributed by atoms with Gasteiger partial charge in [0.2, 0.25) is 0 Å². The van der Waals surface area contributed by atoms with Gasteiger partial charge in [0, 0.05) is 12.0 Å². The number of rotatable bonds is 3. The quantitative estimate of drug-likeness (QED) is 0.436. The topological polar surface area (TPSA) is 43.4 Å². The van der Waals surface area contributed by atoms with Crippen molar-refractivity contribution in [3.8, 4) is 0 Å². The molecule has 2 aliphatic carbocycles. The molecule has 0 heterocycles. The van der Waals surface area contributed by atoms with Gasteiger partial charge in [-0.3, -0.25) is 4.79 Å². The third kappa shape index (κ3) is 3.19. The van der Waals surface area contributed by atoms with Crippen molar-refractivity contribution < 1.29 is 14.3 Å². The van der Waals surface area contributed by atoms with Crippen LogP contribution in [0.1, 0.15) is 60.8 Å². The molecule has 0 aliphatic heterocycles. The van der Waals surface area contributed by atoms with Crippen LogP contribution in [0.15, 0.2) is 34.4 Å². The summed E-state index contributed by atoms with van der Waals surface area (Å²) < 4.78 is 5.84. The molecule has 3 heteroatoms. The van der Waals surface area contributed by atoms with Gasteiger partial charge in [0.1, 0.15) is 6.10 Å². The van der Waals surface area contributed by atoms with Gasteiger partial charge in [-0.05, 0) is 58.1 Å². The summed E-state index contributed by atoms with van der Waals surface area (Å²) in [7, 11) is 0. The van der Waals surface area contributed by atoms with Crippen molar-refractivity contribution >= 4 is 11.8 Å². The predicted molar refractivity (Wildman–Crippen MR) is 91.9 cm³/mol. The second-order valence-electron chi connectivity index (χ2n) is 7.35. The molecule has 0 saturated carbocycles. The average molecular weight is 316 g/mol. The highest BCUT2D eigenvalue weighted by atomic mass is 16.5. The number of ether oxygens (including phenoxy) is 1. The van der Waals surface area contributed by atoms with Gasteiger partial charge in [0.15, 0.2) is 5.78 Å². The van der Waals surface area contributed by atoms with E-state index in [-0.39, 0.29) is 17.9 Å². The van der Waals surface area contributed by atoms with Gasteiger partial charge >= 0.3 is 5.97 Å². The normalized spacial score (nSPS) is 28.7. The van der Waals surface area contributed by atoms with Crippen LogP contribution in [0.4, 0.5) is 0 Å². The van der Waals surface area contributed by atoms with Crippen LogP contribution in [0, 0.1) is 11.3 Å². The van der Waals surface area contributed by atoms with Crippen molar-refractivity contribution in [1.82, 2.24) is 0 Å². The van der Waals surface area contributed by atoms with Gasteiger partial charge in [0.05, 0.1) is 5.41 Å². The highest BCUT2D eigenvalue weighted by Gasteiger charge is 2.47. The molecule has 0 radical (unpaired) electrons. The minimum absolute atomic E-state index is 0.155. The Labute approximate surface area is 139 Å². The molecule has 126 valence electrons. The van der Waals surface area contributed by atoms with Crippen molar-refractivity contribution in [3.05, 3.63) is 34.4 Å². The molecule has 3 nitrogen and oxygen atoms in total. The van der Waals surface area contributed by atoms with Crippen molar-refractivity contribution in [2.24, 2.45) is 11.3 Å². The smallest absolute Gasteiger partial charge is 0.333 e. The Bertz CT molecular complexity index is 619. The van der Waals surface area contributed by atoms with Gasteiger partial charge < -0.3 is 4.74 Å². The van der Waals surface area contributed by atoms with E-state index < -0.39 is 5.41 Å². The maximum Gasteiger partial charge on any atom is 0.333 e. The molecular formula is C20H28O3. The van der Waals surface area contributed by atoms with Crippen LogP contribution in [-0.4, -0.2) is 17.9 Å². The first-order valence-corrected chi connectivity index (χ1v) is 8.49. The van der Waals surface area contributed by atoms with Gasteiger partial charge in [-0.15, -0.1) is 0 Å². The monoisotopic (exact) mass is 316 g/mol. The largest absolute Gasteiger partial charge is 0.454 e. The van der Waals surface area contributed by atoms with Crippen LogP contribution in [0.3, 0.4) is 0 Å². The second-order valence-corrected chi connectivity index (χ2v) is 7.35. The molecule has 0 fully saturated rings. The van der Waals surface area contributed by atoms with E-state index in [0.29, 0.717) is 17.9 Å². The van der Waals surface area contributed by atoms with Crippen LogP contribution in [0.5, 0.6) is 0 Å². The molecular weight excluding hydrogens is 288 g/mol. The van der Waals surface area contributed by atoms with E-state index in [1.807, 2.05) is 20.8 Å². The number of carbonyl (C=O) groups excluding carboxylic acids is 2. The Morgan fingerprint density at radius 3 is 2.65 bits per heavy atom. The van der Waals surface area contributed by atoms with Crippen LogP contribution in [0.25, 0.3) is 0 Å². The average Bonchev–Trinajstić information content (AvgIpc) is 2.80. The Kier molecular flexibility index (Phi) is 4.98. The summed E-state index contributed by atoms with van der Waals surface area (Å²) in [5.74, 6) is 0.230.